The molecule has 7 heteroatoms. The van der Waals surface area contributed by atoms with Crippen molar-refractivity contribution in [3.05, 3.63) is 58.6 Å². The Hall–Kier alpha value is -1.95. The number of carbonyl (C=O) groups is 1. The minimum absolute atomic E-state index is 0. The van der Waals surface area contributed by atoms with Gasteiger partial charge in [0.2, 0.25) is 5.91 Å². The fraction of sp³-hybridized carbons (Fsp3) is 0.381. The number of nitrogens with zero attached hydrogens (tertiary/aromatic N) is 1. The molecule has 1 atom stereocenters. The van der Waals surface area contributed by atoms with E-state index in [2.05, 4.69) is 5.32 Å². The van der Waals surface area contributed by atoms with Gasteiger partial charge in [-0.15, -0.1) is 12.4 Å². The molecule has 0 aliphatic carbocycles. The van der Waals surface area contributed by atoms with E-state index in [0.29, 0.717) is 37.6 Å². The zero-order chi connectivity index (χ0) is 18.6. The average molecular weight is 423 g/mol. The molecule has 1 saturated heterocycles. The molecule has 0 spiro atoms. The molecule has 2 aliphatic rings. The molecule has 4 rings (SSSR count). The van der Waals surface area contributed by atoms with Crippen LogP contribution < -0.4 is 14.8 Å². The summed E-state index contributed by atoms with van der Waals surface area (Å²) in [5.74, 6) is 1.71. The van der Waals surface area contributed by atoms with Gasteiger partial charge in [0, 0.05) is 31.1 Å². The van der Waals surface area contributed by atoms with E-state index in [1.165, 1.54) is 0 Å². The lowest BCUT2D eigenvalue weighted by Crippen LogP contribution is -2.48. The molecule has 1 fully saturated rings. The summed E-state index contributed by atoms with van der Waals surface area (Å²) in [6.45, 7) is 3.41. The third-order valence-electron chi connectivity index (χ3n) is 5.03. The lowest BCUT2D eigenvalue weighted by atomic mass is 10.0. The molecule has 0 radical (unpaired) electrons. The second kappa shape index (κ2) is 9.50. The van der Waals surface area contributed by atoms with E-state index in [9.17, 15) is 4.79 Å². The van der Waals surface area contributed by atoms with E-state index in [-0.39, 0.29) is 24.4 Å². The summed E-state index contributed by atoms with van der Waals surface area (Å²) in [6.07, 6.45) is 1.15. The van der Waals surface area contributed by atoms with Crippen molar-refractivity contribution in [1.29, 1.82) is 0 Å². The summed E-state index contributed by atoms with van der Waals surface area (Å²) in [7, 11) is 0. The zero-order valence-corrected chi connectivity index (χ0v) is 17.1. The molecule has 1 N–H and O–H groups in total. The minimum Gasteiger partial charge on any atom is -0.486 e. The maximum absolute atomic E-state index is 12.9. The van der Waals surface area contributed by atoms with Crippen LogP contribution in [0.15, 0.2) is 42.5 Å². The van der Waals surface area contributed by atoms with Crippen molar-refractivity contribution >= 4 is 29.9 Å². The molecule has 150 valence electrons. The van der Waals surface area contributed by atoms with Crippen molar-refractivity contribution in [2.24, 2.45) is 0 Å². The number of ether oxygens (including phenoxy) is 2. The number of hydrogen-bond acceptors (Lipinski definition) is 4. The second-order valence-electron chi connectivity index (χ2n) is 6.84. The molecule has 2 heterocycles. The standard InChI is InChI=1S/C21H23ClN2O3.ClH/c22-17-3-1-2-16(13-17)18-14-23-8-9-24(18)21(25)7-5-15-4-6-19-20(12-15)27-11-10-26-19;/h1-4,6,12-13,18,23H,5,7-11,14H2;1H. The maximum Gasteiger partial charge on any atom is 0.223 e. The van der Waals surface area contributed by atoms with Crippen LogP contribution in [-0.4, -0.2) is 43.7 Å². The summed E-state index contributed by atoms with van der Waals surface area (Å²) in [5, 5.41) is 4.07. The van der Waals surface area contributed by atoms with Gasteiger partial charge < -0.3 is 19.7 Å². The average Bonchev–Trinajstić information content (AvgIpc) is 2.72. The number of aryl methyl sites for hydroxylation is 1. The first-order valence-corrected chi connectivity index (χ1v) is 9.73. The normalized spacial score (nSPS) is 18.3. The Morgan fingerprint density at radius 1 is 1.14 bits per heavy atom. The number of carbonyl (C=O) groups excluding carboxylic acids is 1. The number of fused-ring (bicyclic) bond motifs is 1. The van der Waals surface area contributed by atoms with E-state index >= 15 is 0 Å². The first-order valence-electron chi connectivity index (χ1n) is 9.35. The van der Waals surface area contributed by atoms with E-state index in [1.54, 1.807) is 0 Å². The van der Waals surface area contributed by atoms with E-state index in [0.717, 1.165) is 35.7 Å². The van der Waals surface area contributed by atoms with Gasteiger partial charge in [-0.2, -0.15) is 0 Å². The van der Waals surface area contributed by atoms with E-state index in [1.807, 2.05) is 47.4 Å². The summed E-state index contributed by atoms with van der Waals surface area (Å²) in [4.78, 5) is 14.9. The molecule has 2 aliphatic heterocycles. The molecule has 1 amide bonds. The van der Waals surface area contributed by atoms with Gasteiger partial charge in [0.05, 0.1) is 6.04 Å². The Bertz CT molecular complexity index is 831. The van der Waals surface area contributed by atoms with Crippen LogP contribution in [0.2, 0.25) is 5.02 Å². The number of rotatable bonds is 4. The molecule has 2 aromatic rings. The number of halogens is 2. The van der Waals surface area contributed by atoms with Crippen LogP contribution in [0.5, 0.6) is 11.5 Å². The van der Waals surface area contributed by atoms with Gasteiger partial charge in [-0.05, 0) is 41.8 Å². The van der Waals surface area contributed by atoms with Gasteiger partial charge in [0.25, 0.3) is 0 Å². The van der Waals surface area contributed by atoms with Gasteiger partial charge in [-0.25, -0.2) is 0 Å². The third kappa shape index (κ3) is 4.72. The molecular formula is C21H24Cl2N2O3. The van der Waals surface area contributed by atoms with Crippen molar-refractivity contribution in [1.82, 2.24) is 10.2 Å². The predicted molar refractivity (Wildman–Crippen MR) is 112 cm³/mol. The molecule has 2 aromatic carbocycles. The van der Waals surface area contributed by atoms with Crippen LogP contribution in [0, 0.1) is 0 Å². The van der Waals surface area contributed by atoms with Crippen molar-refractivity contribution in [2.75, 3.05) is 32.8 Å². The smallest absolute Gasteiger partial charge is 0.223 e. The number of piperazine rings is 1. The molecule has 0 aromatic heterocycles. The monoisotopic (exact) mass is 422 g/mol. The highest BCUT2D eigenvalue weighted by molar-refractivity contribution is 6.30. The summed E-state index contributed by atoms with van der Waals surface area (Å²) < 4.78 is 11.2. The largest absolute Gasteiger partial charge is 0.486 e. The Labute approximate surface area is 176 Å². The SMILES string of the molecule is Cl.O=C(CCc1ccc2c(c1)OCCO2)N1CCNCC1c1cccc(Cl)c1. The highest BCUT2D eigenvalue weighted by Crippen LogP contribution is 2.31. The Balaban J connectivity index is 0.00000225. The third-order valence-corrected chi connectivity index (χ3v) is 5.27. The number of hydrogen-bond donors (Lipinski definition) is 1. The van der Waals surface area contributed by atoms with Gasteiger partial charge in [-0.1, -0.05) is 29.8 Å². The lowest BCUT2D eigenvalue weighted by molar-refractivity contribution is -0.134. The maximum atomic E-state index is 12.9. The molecule has 0 saturated carbocycles. The number of benzene rings is 2. The minimum atomic E-state index is 0. The van der Waals surface area contributed by atoms with Gasteiger partial charge in [-0.3, -0.25) is 4.79 Å². The first kappa shape index (κ1) is 20.8. The molecule has 28 heavy (non-hydrogen) atoms. The fourth-order valence-corrected chi connectivity index (χ4v) is 3.85. The fourth-order valence-electron chi connectivity index (χ4n) is 3.65. The zero-order valence-electron chi connectivity index (χ0n) is 15.5. The topological polar surface area (TPSA) is 50.8 Å². The van der Waals surface area contributed by atoms with Gasteiger partial charge in [0.15, 0.2) is 11.5 Å². The van der Waals surface area contributed by atoms with Crippen LogP contribution in [0.4, 0.5) is 0 Å². The highest BCUT2D eigenvalue weighted by atomic mass is 35.5. The van der Waals surface area contributed by atoms with Crippen LogP contribution in [0.1, 0.15) is 23.6 Å². The first-order chi connectivity index (χ1) is 13.2. The molecule has 5 nitrogen and oxygen atoms in total. The lowest BCUT2D eigenvalue weighted by Gasteiger charge is -2.36. The Morgan fingerprint density at radius 3 is 2.79 bits per heavy atom. The van der Waals surface area contributed by atoms with Crippen LogP contribution in [0.25, 0.3) is 0 Å². The van der Waals surface area contributed by atoms with E-state index < -0.39 is 0 Å². The van der Waals surface area contributed by atoms with Crippen molar-refractivity contribution in [3.8, 4) is 11.5 Å². The predicted octanol–water partition coefficient (Wildman–Crippen LogP) is 3.64. The summed E-state index contributed by atoms with van der Waals surface area (Å²) in [5.41, 5.74) is 2.16. The summed E-state index contributed by atoms with van der Waals surface area (Å²) >= 11 is 6.14. The van der Waals surface area contributed by atoms with Crippen LogP contribution in [-0.2, 0) is 11.2 Å². The van der Waals surface area contributed by atoms with E-state index in [4.69, 9.17) is 21.1 Å². The second-order valence-corrected chi connectivity index (χ2v) is 7.28. The van der Waals surface area contributed by atoms with Crippen molar-refractivity contribution in [3.63, 3.8) is 0 Å². The molecular weight excluding hydrogens is 399 g/mol. The molecule has 1 unspecified atom stereocenters. The van der Waals surface area contributed by atoms with Crippen LogP contribution in [0.3, 0.4) is 0 Å². The Morgan fingerprint density at radius 2 is 1.96 bits per heavy atom. The summed E-state index contributed by atoms with van der Waals surface area (Å²) in [6, 6.07) is 13.7. The van der Waals surface area contributed by atoms with Crippen molar-refractivity contribution in [2.45, 2.75) is 18.9 Å². The van der Waals surface area contributed by atoms with Gasteiger partial charge >= 0.3 is 0 Å². The number of amides is 1. The van der Waals surface area contributed by atoms with Gasteiger partial charge in [0.1, 0.15) is 13.2 Å². The molecule has 0 bridgehead atoms. The number of nitrogens with one attached hydrogen (secondary N) is 1. The van der Waals surface area contributed by atoms with Crippen molar-refractivity contribution < 1.29 is 14.3 Å². The quantitative estimate of drug-likeness (QED) is 0.816. The highest BCUT2D eigenvalue weighted by Gasteiger charge is 2.27. The van der Waals surface area contributed by atoms with Crippen LogP contribution >= 0.6 is 24.0 Å². The Kier molecular flexibility index (Phi) is 7.05.